The number of rotatable bonds is 6. The van der Waals surface area contributed by atoms with Crippen LogP contribution in [0.4, 0.5) is 8.78 Å². The van der Waals surface area contributed by atoms with Crippen LogP contribution in [0.25, 0.3) is 0 Å². The number of piperazine rings is 1. The van der Waals surface area contributed by atoms with E-state index in [0.717, 1.165) is 11.3 Å². The Balaban J connectivity index is 1.39. The molecule has 0 spiro atoms. The van der Waals surface area contributed by atoms with Crippen molar-refractivity contribution in [2.75, 3.05) is 26.2 Å². The Kier molecular flexibility index (Phi) is 6.87. The number of carbonyl (C=O) groups excluding carboxylic acids is 3. The van der Waals surface area contributed by atoms with Crippen LogP contribution >= 0.6 is 11.3 Å². The molecule has 34 heavy (non-hydrogen) atoms. The Morgan fingerprint density at radius 1 is 0.941 bits per heavy atom. The zero-order chi connectivity index (χ0) is 24.2. The van der Waals surface area contributed by atoms with Crippen molar-refractivity contribution in [1.29, 1.82) is 0 Å². The van der Waals surface area contributed by atoms with Gasteiger partial charge in [0.15, 0.2) is 0 Å². The maximum atomic E-state index is 14.5. The highest BCUT2D eigenvalue weighted by molar-refractivity contribution is 7.12. The zero-order valence-corrected chi connectivity index (χ0v) is 18.8. The number of carbonyl (C=O) groups is 3. The molecule has 1 saturated heterocycles. The predicted octanol–water partition coefficient (Wildman–Crippen LogP) is 3.30. The molecule has 3 aromatic rings. The lowest BCUT2D eigenvalue weighted by molar-refractivity contribution is 0.0532. The Morgan fingerprint density at radius 2 is 1.65 bits per heavy atom. The molecule has 10 heteroatoms. The minimum atomic E-state index is -0.666. The molecule has 1 aliphatic heterocycles. The van der Waals surface area contributed by atoms with Crippen molar-refractivity contribution in [3.63, 3.8) is 0 Å². The summed E-state index contributed by atoms with van der Waals surface area (Å²) >= 11 is 1.16. The number of amides is 3. The Bertz CT molecular complexity index is 1240. The molecule has 7 nitrogen and oxygen atoms in total. The third kappa shape index (κ3) is 5.07. The molecule has 0 aliphatic carbocycles. The van der Waals surface area contributed by atoms with Gasteiger partial charge in [-0.25, -0.2) is 8.78 Å². The van der Waals surface area contributed by atoms with Gasteiger partial charge in [0.1, 0.15) is 28.9 Å². The van der Waals surface area contributed by atoms with Gasteiger partial charge in [-0.05, 0) is 47.3 Å². The number of thiophene rings is 1. The first-order valence-corrected chi connectivity index (χ1v) is 11.3. The van der Waals surface area contributed by atoms with Gasteiger partial charge in [-0.15, -0.1) is 11.3 Å². The van der Waals surface area contributed by atoms with E-state index in [1.165, 1.54) is 52.3 Å². The molecule has 1 aliphatic rings. The fourth-order valence-electron chi connectivity index (χ4n) is 3.67. The number of ether oxygens (including phenoxy) is 1. The van der Waals surface area contributed by atoms with Gasteiger partial charge in [0.05, 0.1) is 5.56 Å². The van der Waals surface area contributed by atoms with Crippen molar-refractivity contribution < 1.29 is 27.9 Å². The first-order chi connectivity index (χ1) is 16.3. The van der Waals surface area contributed by atoms with Crippen LogP contribution in [0.1, 0.15) is 36.0 Å². The molecule has 1 fully saturated rings. The molecule has 2 N–H and O–H groups in total. The Hall–Kier alpha value is -3.79. The van der Waals surface area contributed by atoms with E-state index in [-0.39, 0.29) is 54.7 Å². The fourth-order valence-corrected chi connectivity index (χ4v) is 4.35. The fraction of sp³-hybridized carbons (Fsp3) is 0.208. The second kappa shape index (κ2) is 10.0. The Labute approximate surface area is 198 Å². The average molecular weight is 486 g/mol. The van der Waals surface area contributed by atoms with E-state index in [1.54, 1.807) is 11.4 Å². The van der Waals surface area contributed by atoms with Gasteiger partial charge in [-0.1, -0.05) is 12.1 Å². The van der Waals surface area contributed by atoms with Gasteiger partial charge in [-0.2, -0.15) is 0 Å². The second-order valence-corrected chi connectivity index (χ2v) is 8.59. The number of hydrogen-bond donors (Lipinski definition) is 1. The minimum Gasteiger partial charge on any atom is -0.487 e. The van der Waals surface area contributed by atoms with Gasteiger partial charge in [0.25, 0.3) is 17.7 Å². The van der Waals surface area contributed by atoms with Crippen LogP contribution in [0.3, 0.4) is 0 Å². The highest BCUT2D eigenvalue weighted by Gasteiger charge is 2.27. The van der Waals surface area contributed by atoms with Gasteiger partial charge < -0.3 is 20.3 Å². The van der Waals surface area contributed by atoms with E-state index >= 15 is 0 Å². The van der Waals surface area contributed by atoms with Crippen LogP contribution in [0.5, 0.6) is 5.75 Å². The molecular weight excluding hydrogens is 464 g/mol. The van der Waals surface area contributed by atoms with E-state index in [1.807, 2.05) is 0 Å². The largest absolute Gasteiger partial charge is 0.487 e. The number of benzene rings is 2. The summed E-state index contributed by atoms with van der Waals surface area (Å²) in [6.07, 6.45) is 0. The molecular formula is C24H21F2N3O4S. The first-order valence-electron chi connectivity index (χ1n) is 10.5. The highest BCUT2D eigenvalue weighted by atomic mass is 32.1. The lowest BCUT2D eigenvalue weighted by atomic mass is 10.1. The van der Waals surface area contributed by atoms with Gasteiger partial charge >= 0.3 is 0 Å². The summed E-state index contributed by atoms with van der Waals surface area (Å²) in [5.41, 5.74) is 5.99. The quantitative estimate of drug-likeness (QED) is 0.580. The van der Waals surface area contributed by atoms with Gasteiger partial charge in [0, 0.05) is 31.7 Å². The zero-order valence-electron chi connectivity index (χ0n) is 18.0. The summed E-state index contributed by atoms with van der Waals surface area (Å²) in [7, 11) is 0. The van der Waals surface area contributed by atoms with Crippen LogP contribution in [-0.2, 0) is 6.61 Å². The number of halogens is 2. The Morgan fingerprint density at radius 3 is 2.32 bits per heavy atom. The van der Waals surface area contributed by atoms with Crippen LogP contribution in [-0.4, -0.2) is 53.7 Å². The second-order valence-electron chi connectivity index (χ2n) is 7.68. The number of nitrogens with two attached hydrogens (primary N) is 1. The summed E-state index contributed by atoms with van der Waals surface area (Å²) in [5, 5.41) is 1.67. The van der Waals surface area contributed by atoms with Crippen molar-refractivity contribution in [3.8, 4) is 5.75 Å². The molecule has 0 unspecified atom stereocenters. The first kappa shape index (κ1) is 23.4. The van der Waals surface area contributed by atoms with Crippen molar-refractivity contribution in [2.24, 2.45) is 5.73 Å². The van der Waals surface area contributed by atoms with Crippen molar-refractivity contribution in [2.45, 2.75) is 6.61 Å². The van der Waals surface area contributed by atoms with E-state index in [9.17, 15) is 23.2 Å². The monoisotopic (exact) mass is 485 g/mol. The predicted molar refractivity (Wildman–Crippen MR) is 122 cm³/mol. The van der Waals surface area contributed by atoms with E-state index < -0.39 is 23.4 Å². The molecule has 0 atom stereocenters. The van der Waals surface area contributed by atoms with Crippen LogP contribution in [0.2, 0.25) is 0 Å². The lowest BCUT2D eigenvalue weighted by Gasteiger charge is -2.35. The van der Waals surface area contributed by atoms with Crippen molar-refractivity contribution in [1.82, 2.24) is 9.80 Å². The van der Waals surface area contributed by atoms with Gasteiger partial charge in [-0.3, -0.25) is 14.4 Å². The van der Waals surface area contributed by atoms with Crippen LogP contribution in [0.15, 0.2) is 53.9 Å². The van der Waals surface area contributed by atoms with Crippen LogP contribution < -0.4 is 10.5 Å². The number of hydrogen-bond acceptors (Lipinski definition) is 5. The summed E-state index contributed by atoms with van der Waals surface area (Å²) < 4.78 is 33.5. The highest BCUT2D eigenvalue weighted by Crippen LogP contribution is 2.25. The third-order valence-electron chi connectivity index (χ3n) is 5.43. The molecule has 0 bridgehead atoms. The SMILES string of the molecule is NC(=O)c1sccc1OCc1ccc(F)c(C(=O)N2CCN(C(=O)c3cccc(F)c3)CC2)c1. The summed E-state index contributed by atoms with van der Waals surface area (Å²) in [6, 6.07) is 11.2. The number of primary amides is 1. The molecule has 2 aromatic carbocycles. The van der Waals surface area contributed by atoms with Crippen molar-refractivity contribution >= 4 is 29.1 Å². The van der Waals surface area contributed by atoms with Crippen molar-refractivity contribution in [3.05, 3.63) is 87.1 Å². The normalized spacial score (nSPS) is 13.6. The molecule has 0 radical (unpaired) electrons. The molecule has 0 saturated carbocycles. The number of nitrogens with zero attached hydrogens (tertiary/aromatic N) is 2. The van der Waals surface area contributed by atoms with E-state index in [0.29, 0.717) is 11.3 Å². The average Bonchev–Trinajstić information content (AvgIpc) is 3.32. The standard InChI is InChI=1S/C24H21F2N3O4S/c25-17-3-1-2-16(13-17)23(31)28-7-9-29(10-8-28)24(32)18-12-15(4-5-19(18)26)14-33-20-6-11-34-21(20)22(27)30/h1-6,11-13H,7-10,14H2,(H2,27,30). The molecule has 3 amide bonds. The molecule has 1 aromatic heterocycles. The summed E-state index contributed by atoms with van der Waals surface area (Å²) in [5.74, 6) is -2.25. The topological polar surface area (TPSA) is 92.9 Å². The van der Waals surface area contributed by atoms with E-state index in [4.69, 9.17) is 10.5 Å². The third-order valence-corrected chi connectivity index (χ3v) is 6.34. The summed E-state index contributed by atoms with van der Waals surface area (Å²) in [6.45, 7) is 0.959. The van der Waals surface area contributed by atoms with E-state index in [2.05, 4.69) is 0 Å². The molecule has 4 rings (SSSR count). The summed E-state index contributed by atoms with van der Waals surface area (Å²) in [4.78, 5) is 40.3. The minimum absolute atomic E-state index is 0.0213. The maximum Gasteiger partial charge on any atom is 0.262 e. The lowest BCUT2D eigenvalue weighted by Crippen LogP contribution is -2.50. The maximum absolute atomic E-state index is 14.5. The van der Waals surface area contributed by atoms with Gasteiger partial charge in [0.2, 0.25) is 0 Å². The van der Waals surface area contributed by atoms with Crippen LogP contribution in [0, 0.1) is 11.6 Å². The molecule has 176 valence electrons. The smallest absolute Gasteiger partial charge is 0.262 e. The molecule has 2 heterocycles.